The standard InChI is InChI=1S/C18H25NOS/c1-4-7-13-19-17(20)21-16(18(19,5-2)6-3)14-15-11-9-8-10-12-15/h8-12,14H,4-7,13H2,1-3H3/b16-14-. The van der Waals surface area contributed by atoms with Crippen LogP contribution in [0.4, 0.5) is 4.79 Å². The quantitative estimate of drug-likeness (QED) is 0.686. The van der Waals surface area contributed by atoms with Gasteiger partial charge >= 0.3 is 0 Å². The number of nitrogens with zero attached hydrogens (tertiary/aromatic N) is 1. The Balaban J connectivity index is 2.37. The van der Waals surface area contributed by atoms with Gasteiger partial charge in [-0.25, -0.2) is 0 Å². The summed E-state index contributed by atoms with van der Waals surface area (Å²) < 4.78 is 0. The van der Waals surface area contributed by atoms with Crippen molar-refractivity contribution in [2.75, 3.05) is 6.54 Å². The smallest absolute Gasteiger partial charge is 0.286 e. The molecule has 0 saturated carbocycles. The lowest BCUT2D eigenvalue weighted by Crippen LogP contribution is -2.45. The first kappa shape index (κ1) is 16.2. The van der Waals surface area contributed by atoms with Gasteiger partial charge in [0.15, 0.2) is 0 Å². The second-order valence-corrected chi connectivity index (χ2v) is 6.52. The van der Waals surface area contributed by atoms with Crippen LogP contribution in [0.2, 0.25) is 0 Å². The van der Waals surface area contributed by atoms with Crippen LogP contribution in [-0.4, -0.2) is 22.2 Å². The third-order valence-electron chi connectivity index (χ3n) is 4.40. The molecule has 1 fully saturated rings. The van der Waals surface area contributed by atoms with Crippen molar-refractivity contribution in [3.63, 3.8) is 0 Å². The molecule has 1 aliphatic rings. The molecule has 1 aromatic rings. The minimum Gasteiger partial charge on any atom is -0.323 e. The molecule has 114 valence electrons. The molecule has 0 N–H and O–H groups in total. The fourth-order valence-corrected chi connectivity index (χ4v) is 4.37. The molecule has 2 rings (SSSR count). The van der Waals surface area contributed by atoms with Crippen molar-refractivity contribution in [3.05, 3.63) is 40.8 Å². The van der Waals surface area contributed by atoms with Gasteiger partial charge in [0.25, 0.3) is 5.24 Å². The minimum absolute atomic E-state index is 0.104. The van der Waals surface area contributed by atoms with Crippen molar-refractivity contribution in [2.45, 2.75) is 52.0 Å². The van der Waals surface area contributed by atoms with E-state index in [1.807, 2.05) is 18.2 Å². The summed E-state index contributed by atoms with van der Waals surface area (Å²) >= 11 is 1.42. The summed E-state index contributed by atoms with van der Waals surface area (Å²) in [4.78, 5) is 15.8. The molecule has 1 saturated heterocycles. The molecule has 0 bridgehead atoms. The highest BCUT2D eigenvalue weighted by Gasteiger charge is 2.47. The predicted octanol–water partition coefficient (Wildman–Crippen LogP) is 5.56. The molecule has 1 heterocycles. The zero-order valence-corrected chi connectivity index (χ0v) is 14.1. The molecule has 1 aromatic carbocycles. The Bertz CT molecular complexity index is 505. The van der Waals surface area contributed by atoms with Crippen LogP contribution in [0.1, 0.15) is 52.0 Å². The van der Waals surface area contributed by atoms with Gasteiger partial charge in [0.05, 0.1) is 5.54 Å². The molecular weight excluding hydrogens is 278 g/mol. The van der Waals surface area contributed by atoms with Crippen LogP contribution in [0.5, 0.6) is 0 Å². The molecule has 0 radical (unpaired) electrons. The van der Waals surface area contributed by atoms with Gasteiger partial charge in [0.2, 0.25) is 0 Å². The van der Waals surface area contributed by atoms with E-state index in [1.165, 1.54) is 22.2 Å². The molecule has 3 heteroatoms. The molecule has 0 aliphatic carbocycles. The minimum atomic E-state index is -0.104. The molecule has 21 heavy (non-hydrogen) atoms. The highest BCUT2D eigenvalue weighted by Crippen LogP contribution is 2.48. The first-order chi connectivity index (χ1) is 10.2. The van der Waals surface area contributed by atoms with E-state index in [0.717, 1.165) is 32.2 Å². The number of rotatable bonds is 6. The number of benzene rings is 1. The second-order valence-electron chi connectivity index (χ2n) is 5.53. The van der Waals surface area contributed by atoms with Gasteiger partial charge in [0.1, 0.15) is 0 Å². The molecule has 0 unspecified atom stereocenters. The SMILES string of the molecule is CCCCN1C(=O)S/C(=C\c2ccccc2)C1(CC)CC. The maximum Gasteiger partial charge on any atom is 0.286 e. The lowest BCUT2D eigenvalue weighted by Gasteiger charge is -2.37. The zero-order valence-electron chi connectivity index (χ0n) is 13.3. The van der Waals surface area contributed by atoms with Crippen molar-refractivity contribution in [1.82, 2.24) is 4.90 Å². The Morgan fingerprint density at radius 1 is 1.14 bits per heavy atom. The Hall–Kier alpha value is -1.22. The number of carbonyl (C=O) groups is 1. The molecule has 1 aliphatic heterocycles. The summed E-state index contributed by atoms with van der Waals surface area (Å²) in [6, 6.07) is 10.3. The van der Waals surface area contributed by atoms with E-state index in [-0.39, 0.29) is 10.8 Å². The van der Waals surface area contributed by atoms with Crippen molar-refractivity contribution >= 4 is 23.1 Å². The highest BCUT2D eigenvalue weighted by atomic mass is 32.2. The van der Waals surface area contributed by atoms with E-state index in [4.69, 9.17) is 0 Å². The summed E-state index contributed by atoms with van der Waals surface area (Å²) in [5.41, 5.74) is 1.07. The maximum atomic E-state index is 12.5. The van der Waals surface area contributed by atoms with E-state index in [9.17, 15) is 4.79 Å². The number of thioether (sulfide) groups is 1. The van der Waals surface area contributed by atoms with Crippen LogP contribution in [-0.2, 0) is 0 Å². The summed E-state index contributed by atoms with van der Waals surface area (Å²) in [7, 11) is 0. The molecule has 0 spiro atoms. The summed E-state index contributed by atoms with van der Waals surface area (Å²) in [6.07, 6.45) is 6.35. The molecule has 0 aromatic heterocycles. The Kier molecular flexibility index (Phi) is 5.51. The molecule has 0 atom stereocenters. The van der Waals surface area contributed by atoms with Crippen molar-refractivity contribution in [3.8, 4) is 0 Å². The Labute approximate surface area is 132 Å². The predicted molar refractivity (Wildman–Crippen MR) is 92.3 cm³/mol. The van der Waals surface area contributed by atoms with Crippen molar-refractivity contribution in [1.29, 1.82) is 0 Å². The fraction of sp³-hybridized carbons (Fsp3) is 0.500. The van der Waals surface area contributed by atoms with Crippen LogP contribution in [0, 0.1) is 0 Å². The van der Waals surface area contributed by atoms with E-state index in [0.29, 0.717) is 0 Å². The average Bonchev–Trinajstić information content (AvgIpc) is 2.77. The molecule has 2 nitrogen and oxygen atoms in total. The first-order valence-electron chi connectivity index (χ1n) is 7.94. The number of amides is 1. The first-order valence-corrected chi connectivity index (χ1v) is 8.76. The number of hydrogen-bond acceptors (Lipinski definition) is 2. The number of unbranched alkanes of at least 4 members (excludes halogenated alkanes) is 1. The van der Waals surface area contributed by atoms with Gasteiger partial charge in [0, 0.05) is 11.4 Å². The Morgan fingerprint density at radius 2 is 1.81 bits per heavy atom. The Morgan fingerprint density at radius 3 is 2.38 bits per heavy atom. The lowest BCUT2D eigenvalue weighted by atomic mass is 9.89. The summed E-state index contributed by atoms with van der Waals surface area (Å²) in [5.74, 6) is 0. The zero-order chi connectivity index (χ0) is 15.3. The van der Waals surface area contributed by atoms with Gasteiger partial charge < -0.3 is 4.90 Å². The van der Waals surface area contributed by atoms with Gasteiger partial charge in [-0.1, -0.05) is 57.5 Å². The van der Waals surface area contributed by atoms with Crippen LogP contribution in [0.3, 0.4) is 0 Å². The average molecular weight is 303 g/mol. The fourth-order valence-electron chi connectivity index (χ4n) is 3.02. The van der Waals surface area contributed by atoms with Crippen LogP contribution >= 0.6 is 11.8 Å². The van der Waals surface area contributed by atoms with Crippen molar-refractivity contribution in [2.24, 2.45) is 0 Å². The van der Waals surface area contributed by atoms with Crippen LogP contribution < -0.4 is 0 Å². The third-order valence-corrected chi connectivity index (χ3v) is 5.51. The van der Waals surface area contributed by atoms with Gasteiger partial charge in [-0.15, -0.1) is 0 Å². The van der Waals surface area contributed by atoms with Gasteiger partial charge in [-0.2, -0.15) is 0 Å². The molecule has 1 amide bonds. The number of hydrogen-bond donors (Lipinski definition) is 0. The van der Waals surface area contributed by atoms with Gasteiger partial charge in [-0.3, -0.25) is 4.79 Å². The van der Waals surface area contributed by atoms with Crippen LogP contribution in [0.15, 0.2) is 35.2 Å². The van der Waals surface area contributed by atoms with Crippen LogP contribution in [0.25, 0.3) is 6.08 Å². The maximum absolute atomic E-state index is 12.5. The van der Waals surface area contributed by atoms with Crippen molar-refractivity contribution < 1.29 is 4.79 Å². The number of carbonyl (C=O) groups excluding carboxylic acids is 1. The van der Waals surface area contributed by atoms with E-state index in [1.54, 1.807) is 0 Å². The largest absolute Gasteiger partial charge is 0.323 e. The second kappa shape index (κ2) is 7.17. The monoisotopic (exact) mass is 303 g/mol. The summed E-state index contributed by atoms with van der Waals surface area (Å²) in [5, 5.41) is 0.217. The van der Waals surface area contributed by atoms with Gasteiger partial charge in [-0.05, 0) is 42.7 Å². The highest BCUT2D eigenvalue weighted by molar-refractivity contribution is 8.17. The molecular formula is C18H25NOS. The summed E-state index contributed by atoms with van der Waals surface area (Å²) in [6.45, 7) is 7.44. The normalized spacial score (nSPS) is 19.5. The topological polar surface area (TPSA) is 20.3 Å². The van der Waals surface area contributed by atoms with E-state index >= 15 is 0 Å². The third kappa shape index (κ3) is 3.18. The van der Waals surface area contributed by atoms with E-state index < -0.39 is 0 Å². The lowest BCUT2D eigenvalue weighted by molar-refractivity contribution is 0.159. The van der Waals surface area contributed by atoms with E-state index in [2.05, 4.69) is 43.9 Å².